The molecule has 0 aliphatic carbocycles. The van der Waals surface area contributed by atoms with Crippen molar-refractivity contribution in [3.05, 3.63) is 23.2 Å². The van der Waals surface area contributed by atoms with Crippen molar-refractivity contribution in [2.24, 2.45) is 5.92 Å². The van der Waals surface area contributed by atoms with Gasteiger partial charge in [0, 0.05) is 51.7 Å². The highest BCUT2D eigenvalue weighted by molar-refractivity contribution is 5.95. The number of aryl methyl sites for hydroxylation is 1. The van der Waals surface area contributed by atoms with Crippen LogP contribution in [0.15, 0.2) is 10.5 Å². The number of methoxy groups -OCH3 is 1. The van der Waals surface area contributed by atoms with Crippen LogP contribution in [0.1, 0.15) is 67.3 Å². The zero-order valence-electron chi connectivity index (χ0n) is 17.0. The maximum Gasteiger partial charge on any atom is 0.257 e. The molecule has 0 radical (unpaired) electrons. The van der Waals surface area contributed by atoms with Gasteiger partial charge in [0.1, 0.15) is 11.5 Å². The van der Waals surface area contributed by atoms with Crippen LogP contribution in [0.25, 0.3) is 0 Å². The first-order chi connectivity index (χ1) is 12.9. The Morgan fingerprint density at radius 3 is 2.81 bits per heavy atom. The quantitative estimate of drug-likeness (QED) is 0.715. The maximum atomic E-state index is 13.1. The number of carbonyl (C=O) groups excluding carboxylic acids is 2. The summed E-state index contributed by atoms with van der Waals surface area (Å²) in [7, 11) is 1.69. The summed E-state index contributed by atoms with van der Waals surface area (Å²) in [6, 6.07) is 2.15. The molecular formula is C21H32N2O4. The van der Waals surface area contributed by atoms with E-state index in [4.69, 9.17) is 9.15 Å². The van der Waals surface area contributed by atoms with E-state index < -0.39 is 0 Å². The molecule has 0 bridgehead atoms. The van der Waals surface area contributed by atoms with Gasteiger partial charge in [-0.15, -0.1) is 0 Å². The Labute approximate surface area is 161 Å². The predicted octanol–water partition coefficient (Wildman–Crippen LogP) is 3.20. The van der Waals surface area contributed by atoms with Crippen LogP contribution >= 0.6 is 0 Å². The number of nitrogens with zero attached hydrogens (tertiary/aromatic N) is 2. The van der Waals surface area contributed by atoms with Gasteiger partial charge in [0.2, 0.25) is 5.91 Å². The summed E-state index contributed by atoms with van der Waals surface area (Å²) in [5.41, 5.74) is 0.681. The Balaban J connectivity index is 1.67. The summed E-state index contributed by atoms with van der Waals surface area (Å²) in [6.45, 7) is 8.83. The van der Waals surface area contributed by atoms with E-state index in [0.717, 1.165) is 38.1 Å². The molecule has 2 aliphatic rings. The molecular weight excluding hydrogens is 344 g/mol. The summed E-state index contributed by atoms with van der Waals surface area (Å²) in [5, 5.41) is 0. The zero-order chi connectivity index (χ0) is 19.6. The summed E-state index contributed by atoms with van der Waals surface area (Å²) < 4.78 is 10.9. The van der Waals surface area contributed by atoms with Crippen molar-refractivity contribution in [2.75, 3.05) is 33.4 Å². The molecule has 27 heavy (non-hydrogen) atoms. The van der Waals surface area contributed by atoms with Crippen molar-refractivity contribution in [1.29, 1.82) is 0 Å². The molecule has 2 amide bonds. The van der Waals surface area contributed by atoms with Crippen molar-refractivity contribution < 1.29 is 18.7 Å². The van der Waals surface area contributed by atoms with Gasteiger partial charge in [0.25, 0.3) is 5.91 Å². The monoisotopic (exact) mass is 376 g/mol. The molecule has 0 spiro atoms. The first-order valence-electron chi connectivity index (χ1n) is 10.1. The lowest BCUT2D eigenvalue weighted by molar-refractivity contribution is -0.140. The third-order valence-corrected chi connectivity index (χ3v) is 5.91. The van der Waals surface area contributed by atoms with E-state index in [1.165, 1.54) is 0 Å². The van der Waals surface area contributed by atoms with Gasteiger partial charge in [-0.3, -0.25) is 9.59 Å². The molecule has 0 N–H and O–H groups in total. The Hall–Kier alpha value is -1.82. The number of furan rings is 1. The SMILES string of the molecule is COCCCN1C(=O)CC[C@H]2CN(C(=O)c3cc(C(C)C)oc3C)CC[C@H]21. The number of ether oxygens (including phenoxy) is 1. The third-order valence-electron chi connectivity index (χ3n) is 5.91. The first kappa shape index (κ1) is 19.9. The van der Waals surface area contributed by atoms with Gasteiger partial charge in [-0.1, -0.05) is 13.8 Å². The van der Waals surface area contributed by atoms with E-state index in [2.05, 4.69) is 13.8 Å². The molecule has 6 nitrogen and oxygen atoms in total. The molecule has 6 heteroatoms. The minimum absolute atomic E-state index is 0.0597. The van der Waals surface area contributed by atoms with Gasteiger partial charge in [-0.2, -0.15) is 0 Å². The minimum Gasteiger partial charge on any atom is -0.465 e. The molecule has 0 aromatic carbocycles. The largest absolute Gasteiger partial charge is 0.465 e. The first-order valence-corrected chi connectivity index (χ1v) is 10.1. The van der Waals surface area contributed by atoms with E-state index in [0.29, 0.717) is 36.8 Å². The van der Waals surface area contributed by atoms with Gasteiger partial charge >= 0.3 is 0 Å². The zero-order valence-corrected chi connectivity index (χ0v) is 17.0. The van der Waals surface area contributed by atoms with Crippen LogP contribution in [0, 0.1) is 12.8 Å². The number of hydrogen-bond donors (Lipinski definition) is 0. The molecule has 3 rings (SSSR count). The van der Waals surface area contributed by atoms with E-state index in [9.17, 15) is 9.59 Å². The van der Waals surface area contributed by atoms with Crippen molar-refractivity contribution in [2.45, 2.75) is 58.4 Å². The molecule has 0 unspecified atom stereocenters. The number of rotatable bonds is 6. The number of likely N-dealkylation sites (tertiary alicyclic amines) is 2. The maximum absolute atomic E-state index is 13.1. The number of fused-ring (bicyclic) bond motifs is 1. The molecule has 2 atom stereocenters. The summed E-state index contributed by atoms with van der Waals surface area (Å²) in [6.07, 6.45) is 3.16. The van der Waals surface area contributed by atoms with E-state index in [1.54, 1.807) is 7.11 Å². The third kappa shape index (κ3) is 4.21. The lowest BCUT2D eigenvalue weighted by atomic mass is 9.83. The summed E-state index contributed by atoms with van der Waals surface area (Å²) in [5.74, 6) is 2.49. The molecule has 1 aromatic rings. The Morgan fingerprint density at radius 2 is 2.15 bits per heavy atom. The average Bonchev–Trinajstić information content (AvgIpc) is 3.04. The van der Waals surface area contributed by atoms with Gasteiger partial charge in [-0.25, -0.2) is 0 Å². The van der Waals surface area contributed by atoms with Crippen LogP contribution in [-0.4, -0.2) is 61.0 Å². The summed E-state index contributed by atoms with van der Waals surface area (Å²) >= 11 is 0. The molecule has 1 aromatic heterocycles. The van der Waals surface area contributed by atoms with Crippen LogP contribution in [0.2, 0.25) is 0 Å². The number of amides is 2. The lowest BCUT2D eigenvalue weighted by Crippen LogP contribution is -2.57. The average molecular weight is 376 g/mol. The van der Waals surface area contributed by atoms with E-state index in [-0.39, 0.29) is 23.8 Å². The molecule has 3 heterocycles. The second-order valence-electron chi connectivity index (χ2n) is 8.11. The smallest absolute Gasteiger partial charge is 0.257 e. The Kier molecular flexibility index (Phi) is 6.25. The minimum atomic E-state index is 0.0597. The number of piperidine rings is 2. The molecule has 150 valence electrons. The highest BCUT2D eigenvalue weighted by Gasteiger charge is 2.40. The van der Waals surface area contributed by atoms with Crippen molar-refractivity contribution >= 4 is 11.8 Å². The van der Waals surface area contributed by atoms with Crippen molar-refractivity contribution in [3.8, 4) is 0 Å². The fraction of sp³-hybridized carbons (Fsp3) is 0.714. The second-order valence-corrected chi connectivity index (χ2v) is 8.11. The number of hydrogen-bond acceptors (Lipinski definition) is 4. The number of carbonyl (C=O) groups is 2. The predicted molar refractivity (Wildman–Crippen MR) is 103 cm³/mol. The van der Waals surface area contributed by atoms with Crippen LogP contribution in [0.4, 0.5) is 0 Å². The normalized spacial score (nSPS) is 23.1. The lowest BCUT2D eigenvalue weighted by Gasteiger charge is -2.47. The van der Waals surface area contributed by atoms with Gasteiger partial charge in [0.15, 0.2) is 0 Å². The van der Waals surface area contributed by atoms with E-state index in [1.807, 2.05) is 22.8 Å². The van der Waals surface area contributed by atoms with Crippen LogP contribution < -0.4 is 0 Å². The highest BCUT2D eigenvalue weighted by Crippen LogP contribution is 2.33. The Bertz CT molecular complexity index is 682. The molecule has 0 saturated carbocycles. The standard InChI is InChI=1S/C21H32N2O4/c1-14(2)19-12-17(15(3)27-19)21(25)22-10-8-18-16(13-22)6-7-20(24)23(18)9-5-11-26-4/h12,14,16,18H,5-11,13H2,1-4H3/t16-,18+/m0/s1. The van der Waals surface area contributed by atoms with Crippen LogP contribution in [0.5, 0.6) is 0 Å². The highest BCUT2D eigenvalue weighted by atomic mass is 16.5. The van der Waals surface area contributed by atoms with Gasteiger partial charge in [-0.05, 0) is 38.2 Å². The summed E-state index contributed by atoms with van der Waals surface area (Å²) in [4.78, 5) is 29.4. The second kappa shape index (κ2) is 8.46. The topological polar surface area (TPSA) is 63.0 Å². The van der Waals surface area contributed by atoms with Gasteiger partial charge in [0.05, 0.1) is 5.56 Å². The molecule has 2 saturated heterocycles. The van der Waals surface area contributed by atoms with E-state index >= 15 is 0 Å². The van der Waals surface area contributed by atoms with Crippen molar-refractivity contribution in [1.82, 2.24) is 9.80 Å². The molecule has 2 aliphatic heterocycles. The Morgan fingerprint density at radius 1 is 1.37 bits per heavy atom. The van der Waals surface area contributed by atoms with Crippen LogP contribution in [0.3, 0.4) is 0 Å². The fourth-order valence-electron chi connectivity index (χ4n) is 4.38. The molecule has 2 fully saturated rings. The van der Waals surface area contributed by atoms with Crippen molar-refractivity contribution in [3.63, 3.8) is 0 Å². The van der Waals surface area contributed by atoms with Crippen LogP contribution in [-0.2, 0) is 9.53 Å². The van der Waals surface area contributed by atoms with Gasteiger partial charge < -0.3 is 19.0 Å². The fourth-order valence-corrected chi connectivity index (χ4v) is 4.38.